The summed E-state index contributed by atoms with van der Waals surface area (Å²) in [7, 11) is 0. The van der Waals surface area contributed by atoms with Crippen LogP contribution in [0.3, 0.4) is 0 Å². The van der Waals surface area contributed by atoms with E-state index in [9.17, 15) is 14.7 Å². The zero-order chi connectivity index (χ0) is 22.0. The SMILES string of the molecule is O=C1C(=O)N(CCC[n+]2cc[nH]c2)C(c2ccc(Br)cc2)C1=C([O-])c1ccc(Br)cc1. The van der Waals surface area contributed by atoms with Crippen molar-refractivity contribution < 1.29 is 19.3 Å². The molecular weight excluding hydrogens is 526 g/mol. The summed E-state index contributed by atoms with van der Waals surface area (Å²) in [5.74, 6) is -1.77. The number of carbonyl (C=O) groups is 2. The topological polar surface area (TPSA) is 80.1 Å². The van der Waals surface area contributed by atoms with Gasteiger partial charge < -0.3 is 10.0 Å². The van der Waals surface area contributed by atoms with Crippen molar-refractivity contribution in [3.63, 3.8) is 0 Å². The Morgan fingerprint density at radius 1 is 1.03 bits per heavy atom. The maximum Gasteiger partial charge on any atom is 0.295 e. The average molecular weight is 545 g/mol. The van der Waals surface area contributed by atoms with E-state index in [2.05, 4.69) is 36.8 Å². The van der Waals surface area contributed by atoms with Crippen molar-refractivity contribution >= 4 is 49.3 Å². The van der Waals surface area contributed by atoms with Gasteiger partial charge in [0.15, 0.2) is 0 Å². The van der Waals surface area contributed by atoms with Gasteiger partial charge in [-0.1, -0.05) is 61.9 Å². The number of H-pyrrole nitrogens is 1. The zero-order valence-electron chi connectivity index (χ0n) is 16.4. The molecule has 4 rings (SSSR count). The minimum Gasteiger partial charge on any atom is -0.872 e. The number of nitrogens with one attached hydrogen (secondary N) is 1. The maximum atomic E-state index is 13.3. The van der Waals surface area contributed by atoms with E-state index in [0.717, 1.165) is 14.5 Å². The Kier molecular flexibility index (Phi) is 6.38. The van der Waals surface area contributed by atoms with Gasteiger partial charge >= 0.3 is 0 Å². The summed E-state index contributed by atoms with van der Waals surface area (Å²) >= 11 is 6.77. The van der Waals surface area contributed by atoms with E-state index in [1.165, 1.54) is 4.90 Å². The molecule has 1 fully saturated rings. The molecule has 0 saturated carbocycles. The van der Waals surface area contributed by atoms with E-state index in [0.29, 0.717) is 25.1 Å². The van der Waals surface area contributed by atoms with Crippen molar-refractivity contribution in [1.29, 1.82) is 0 Å². The Balaban J connectivity index is 1.72. The van der Waals surface area contributed by atoms with Crippen LogP contribution in [0.5, 0.6) is 0 Å². The molecule has 31 heavy (non-hydrogen) atoms. The first-order chi connectivity index (χ1) is 15.0. The summed E-state index contributed by atoms with van der Waals surface area (Å²) in [5.41, 5.74) is 1.12. The predicted molar refractivity (Wildman–Crippen MR) is 120 cm³/mol. The number of ketones is 1. The van der Waals surface area contributed by atoms with Gasteiger partial charge in [0.05, 0.1) is 12.6 Å². The highest BCUT2D eigenvalue weighted by Crippen LogP contribution is 2.39. The second kappa shape index (κ2) is 9.20. The van der Waals surface area contributed by atoms with Crippen LogP contribution in [-0.4, -0.2) is 28.1 Å². The van der Waals surface area contributed by atoms with Crippen molar-refractivity contribution in [2.45, 2.75) is 19.0 Å². The summed E-state index contributed by atoms with van der Waals surface area (Å²) in [6.07, 6.45) is 6.20. The molecule has 1 aliphatic heterocycles. The maximum absolute atomic E-state index is 13.3. The zero-order valence-corrected chi connectivity index (χ0v) is 19.6. The monoisotopic (exact) mass is 543 g/mol. The van der Waals surface area contributed by atoms with E-state index < -0.39 is 23.5 Å². The number of Topliss-reactive ketones (excluding diaryl/α,β-unsaturated/α-hetero) is 1. The standard InChI is InChI=1S/C23H19Br2N3O3/c24-17-6-2-15(3-7-17)20-19(21(29)16-4-8-18(25)9-5-16)22(30)23(31)28(20)12-1-11-27-13-10-26-14-27/h2-10,13-14,20H,1,11-12H2,(H,29,30). The predicted octanol–water partition coefficient (Wildman–Crippen LogP) is 3.14. The number of benzene rings is 2. The molecule has 1 amide bonds. The molecule has 0 aliphatic carbocycles. The molecule has 1 aliphatic rings. The molecule has 2 aromatic carbocycles. The molecule has 2 heterocycles. The fourth-order valence-corrected chi connectivity index (χ4v) is 4.26. The number of halogens is 2. The van der Waals surface area contributed by atoms with E-state index in [4.69, 9.17) is 0 Å². The summed E-state index contributed by atoms with van der Waals surface area (Å²) in [5, 5.41) is 13.3. The smallest absolute Gasteiger partial charge is 0.295 e. The molecular formula is C23H19Br2N3O3. The van der Waals surface area contributed by atoms with Gasteiger partial charge in [-0.3, -0.25) is 14.6 Å². The van der Waals surface area contributed by atoms with E-state index >= 15 is 0 Å². The van der Waals surface area contributed by atoms with Crippen LogP contribution in [0, 0.1) is 0 Å². The summed E-state index contributed by atoms with van der Waals surface area (Å²) in [6, 6.07) is 13.5. The van der Waals surface area contributed by atoms with Crippen LogP contribution in [0.1, 0.15) is 23.6 Å². The minimum atomic E-state index is -0.727. The number of likely N-dealkylation sites (tertiary alicyclic amines) is 1. The number of nitrogens with zero attached hydrogens (tertiary/aromatic N) is 2. The molecule has 0 bridgehead atoms. The van der Waals surface area contributed by atoms with Gasteiger partial charge in [-0.15, -0.1) is 0 Å². The number of aromatic amines is 1. The molecule has 1 atom stereocenters. The van der Waals surface area contributed by atoms with Crippen molar-refractivity contribution in [2.75, 3.05) is 6.54 Å². The first kappa shape index (κ1) is 21.5. The Morgan fingerprint density at radius 2 is 1.68 bits per heavy atom. The van der Waals surface area contributed by atoms with E-state index in [1.807, 2.05) is 47.6 Å². The third kappa shape index (κ3) is 4.50. The lowest BCUT2D eigenvalue weighted by atomic mass is 9.95. The van der Waals surface area contributed by atoms with Gasteiger partial charge in [0.1, 0.15) is 12.4 Å². The Hall–Kier alpha value is -2.71. The van der Waals surface area contributed by atoms with Crippen LogP contribution in [0.25, 0.3) is 5.76 Å². The number of amides is 1. The van der Waals surface area contributed by atoms with Crippen molar-refractivity contribution in [3.05, 3.63) is 92.9 Å². The van der Waals surface area contributed by atoms with Gasteiger partial charge in [0.2, 0.25) is 12.1 Å². The fraction of sp³-hybridized carbons (Fsp3) is 0.174. The molecule has 6 nitrogen and oxygen atoms in total. The molecule has 3 aromatic rings. The lowest BCUT2D eigenvalue weighted by Gasteiger charge is -2.27. The van der Waals surface area contributed by atoms with Crippen molar-refractivity contribution in [3.8, 4) is 0 Å². The second-order valence-electron chi connectivity index (χ2n) is 7.23. The number of hydrogen-bond acceptors (Lipinski definition) is 3. The quantitative estimate of drug-likeness (QED) is 0.224. The van der Waals surface area contributed by atoms with E-state index in [-0.39, 0.29) is 5.57 Å². The van der Waals surface area contributed by atoms with Crippen LogP contribution in [-0.2, 0) is 16.1 Å². The number of aryl methyl sites for hydroxylation is 1. The van der Waals surface area contributed by atoms with Crippen LogP contribution in [0.2, 0.25) is 0 Å². The van der Waals surface area contributed by atoms with Crippen LogP contribution in [0.15, 0.2) is 81.8 Å². The van der Waals surface area contributed by atoms with Gasteiger partial charge in [0, 0.05) is 27.5 Å². The Morgan fingerprint density at radius 3 is 2.29 bits per heavy atom. The lowest BCUT2D eigenvalue weighted by Crippen LogP contribution is -2.36. The Labute approximate surface area is 196 Å². The highest BCUT2D eigenvalue weighted by Gasteiger charge is 2.43. The molecule has 8 heteroatoms. The number of rotatable bonds is 6. The van der Waals surface area contributed by atoms with Crippen LogP contribution in [0.4, 0.5) is 0 Å². The average Bonchev–Trinajstić information content (AvgIpc) is 3.37. The van der Waals surface area contributed by atoms with Crippen molar-refractivity contribution in [1.82, 2.24) is 9.88 Å². The molecule has 0 radical (unpaired) electrons. The molecule has 1 aromatic heterocycles. The number of hydrogen-bond donors (Lipinski definition) is 1. The van der Waals surface area contributed by atoms with Gasteiger partial charge in [0.25, 0.3) is 5.91 Å². The number of aromatic nitrogens is 2. The molecule has 1 N–H and O–H groups in total. The molecule has 158 valence electrons. The first-order valence-electron chi connectivity index (χ1n) is 9.75. The van der Waals surface area contributed by atoms with Gasteiger partial charge in [-0.2, -0.15) is 0 Å². The third-order valence-corrected chi connectivity index (χ3v) is 6.30. The second-order valence-corrected chi connectivity index (χ2v) is 9.07. The van der Waals surface area contributed by atoms with E-state index in [1.54, 1.807) is 24.3 Å². The van der Waals surface area contributed by atoms with Crippen LogP contribution < -0.4 is 9.67 Å². The van der Waals surface area contributed by atoms with Crippen molar-refractivity contribution in [2.24, 2.45) is 0 Å². The van der Waals surface area contributed by atoms with Gasteiger partial charge in [-0.05, 0) is 35.4 Å². The number of carbonyl (C=O) groups excluding carboxylic acids is 2. The Bertz CT molecular complexity index is 1120. The third-order valence-electron chi connectivity index (χ3n) is 5.24. The number of imidazole rings is 1. The minimum absolute atomic E-state index is 0.00365. The summed E-state index contributed by atoms with van der Waals surface area (Å²) < 4.78 is 3.67. The molecule has 1 saturated heterocycles. The first-order valence-corrected chi connectivity index (χ1v) is 11.3. The fourth-order valence-electron chi connectivity index (χ4n) is 3.73. The molecule has 1 unspecified atom stereocenters. The van der Waals surface area contributed by atoms with Gasteiger partial charge in [-0.25, -0.2) is 4.57 Å². The normalized spacial score (nSPS) is 18.0. The largest absolute Gasteiger partial charge is 0.872 e. The van der Waals surface area contributed by atoms with Crippen LogP contribution >= 0.6 is 31.9 Å². The molecule has 0 spiro atoms. The lowest BCUT2D eigenvalue weighted by molar-refractivity contribution is -0.695. The summed E-state index contributed by atoms with van der Waals surface area (Å²) in [4.78, 5) is 30.4. The highest BCUT2D eigenvalue weighted by molar-refractivity contribution is 9.10. The summed E-state index contributed by atoms with van der Waals surface area (Å²) in [6.45, 7) is 1.05. The highest BCUT2D eigenvalue weighted by atomic mass is 79.9.